The van der Waals surface area contributed by atoms with Crippen molar-refractivity contribution in [2.24, 2.45) is 5.92 Å². The zero-order valence-corrected chi connectivity index (χ0v) is 12.3. The van der Waals surface area contributed by atoms with Crippen LogP contribution in [0.25, 0.3) is 0 Å². The standard InChI is InChI=1S/C16H22O4/c1-4-19-16(18)14(10-17)8-13-6-5-7-15(9-13)20-11-12(2)3/h5-7,9-10,12,17H,4,8,11H2,1-3H3/b14-10+. The number of hydrogen-bond donors (Lipinski definition) is 1. The molecule has 1 N–H and O–H groups in total. The van der Waals surface area contributed by atoms with Crippen molar-refractivity contribution < 1.29 is 19.4 Å². The Morgan fingerprint density at radius 1 is 1.40 bits per heavy atom. The number of carbonyl (C=O) groups is 1. The fraction of sp³-hybridized carbons (Fsp3) is 0.438. The zero-order valence-electron chi connectivity index (χ0n) is 12.3. The SMILES string of the molecule is CCOC(=O)/C(=C/O)Cc1cccc(OCC(C)C)c1. The van der Waals surface area contributed by atoms with Gasteiger partial charge in [0.05, 0.1) is 25.0 Å². The molecule has 0 amide bonds. The van der Waals surface area contributed by atoms with Gasteiger partial charge in [-0.25, -0.2) is 4.79 Å². The van der Waals surface area contributed by atoms with Crippen LogP contribution < -0.4 is 4.74 Å². The van der Waals surface area contributed by atoms with Crippen LogP contribution in [-0.4, -0.2) is 24.3 Å². The number of esters is 1. The molecule has 0 radical (unpaired) electrons. The van der Waals surface area contributed by atoms with Gasteiger partial charge >= 0.3 is 5.97 Å². The third kappa shape index (κ3) is 5.34. The second-order valence-electron chi connectivity index (χ2n) is 4.90. The highest BCUT2D eigenvalue weighted by molar-refractivity contribution is 5.88. The molecule has 0 aliphatic carbocycles. The Bertz CT molecular complexity index is 463. The summed E-state index contributed by atoms with van der Waals surface area (Å²) in [6.45, 7) is 6.82. The maximum Gasteiger partial charge on any atom is 0.337 e. The normalized spacial score (nSPS) is 11.5. The Balaban J connectivity index is 2.71. The van der Waals surface area contributed by atoms with Crippen LogP contribution in [0, 0.1) is 5.92 Å². The predicted octanol–water partition coefficient (Wildman–Crippen LogP) is 3.27. The summed E-state index contributed by atoms with van der Waals surface area (Å²) in [5, 5.41) is 9.14. The van der Waals surface area contributed by atoms with Crippen LogP contribution in [0.4, 0.5) is 0 Å². The van der Waals surface area contributed by atoms with Crippen molar-refractivity contribution in [3.63, 3.8) is 0 Å². The predicted molar refractivity (Wildman–Crippen MR) is 77.8 cm³/mol. The molecule has 0 aliphatic rings. The van der Waals surface area contributed by atoms with E-state index in [1.165, 1.54) is 0 Å². The Hall–Kier alpha value is -1.97. The number of rotatable bonds is 7. The molecular weight excluding hydrogens is 256 g/mol. The first-order valence-corrected chi connectivity index (χ1v) is 6.79. The zero-order chi connectivity index (χ0) is 15.0. The summed E-state index contributed by atoms with van der Waals surface area (Å²) >= 11 is 0. The van der Waals surface area contributed by atoms with Crippen LogP contribution in [-0.2, 0) is 16.0 Å². The fourth-order valence-corrected chi connectivity index (χ4v) is 1.62. The van der Waals surface area contributed by atoms with Crippen molar-refractivity contribution in [2.45, 2.75) is 27.2 Å². The van der Waals surface area contributed by atoms with Gasteiger partial charge in [0.2, 0.25) is 0 Å². The molecule has 4 heteroatoms. The highest BCUT2D eigenvalue weighted by Gasteiger charge is 2.12. The first-order chi connectivity index (χ1) is 9.56. The van der Waals surface area contributed by atoms with Gasteiger partial charge < -0.3 is 14.6 Å². The van der Waals surface area contributed by atoms with E-state index < -0.39 is 5.97 Å². The topological polar surface area (TPSA) is 55.8 Å². The Kier molecular flexibility index (Phi) is 6.64. The number of carbonyl (C=O) groups excluding carboxylic acids is 1. The van der Waals surface area contributed by atoms with Crippen molar-refractivity contribution in [3.8, 4) is 5.75 Å². The second kappa shape index (κ2) is 8.25. The Labute approximate surface area is 120 Å². The number of aliphatic hydroxyl groups excluding tert-OH is 1. The summed E-state index contributed by atoms with van der Waals surface area (Å²) in [4.78, 5) is 11.6. The van der Waals surface area contributed by atoms with Crippen molar-refractivity contribution in [1.29, 1.82) is 0 Å². The van der Waals surface area contributed by atoms with E-state index in [4.69, 9.17) is 14.6 Å². The lowest BCUT2D eigenvalue weighted by atomic mass is 10.1. The lowest BCUT2D eigenvalue weighted by Crippen LogP contribution is -2.10. The molecule has 1 rings (SSSR count). The molecule has 4 nitrogen and oxygen atoms in total. The van der Waals surface area contributed by atoms with Gasteiger partial charge in [0, 0.05) is 6.42 Å². The monoisotopic (exact) mass is 278 g/mol. The molecule has 1 aromatic carbocycles. The third-order valence-electron chi connectivity index (χ3n) is 2.57. The molecule has 0 aliphatic heterocycles. The molecule has 0 aromatic heterocycles. The summed E-state index contributed by atoms with van der Waals surface area (Å²) in [5.41, 5.74) is 1.12. The van der Waals surface area contributed by atoms with Crippen LogP contribution in [0.5, 0.6) is 5.75 Å². The highest BCUT2D eigenvalue weighted by Crippen LogP contribution is 2.17. The number of benzene rings is 1. The summed E-state index contributed by atoms with van der Waals surface area (Å²) in [6.07, 6.45) is 1.12. The summed E-state index contributed by atoms with van der Waals surface area (Å²) in [5.74, 6) is 0.715. The van der Waals surface area contributed by atoms with E-state index in [1.54, 1.807) is 6.92 Å². The van der Waals surface area contributed by atoms with Crippen molar-refractivity contribution in [2.75, 3.05) is 13.2 Å². The molecule has 0 saturated heterocycles. The molecule has 0 saturated carbocycles. The molecule has 1 aromatic rings. The maximum atomic E-state index is 11.6. The number of aliphatic hydroxyl groups is 1. The third-order valence-corrected chi connectivity index (χ3v) is 2.57. The molecule has 0 unspecified atom stereocenters. The average molecular weight is 278 g/mol. The van der Waals surface area contributed by atoms with Crippen LogP contribution in [0.1, 0.15) is 26.3 Å². The van der Waals surface area contributed by atoms with E-state index >= 15 is 0 Å². The van der Waals surface area contributed by atoms with Gasteiger partial charge in [-0.05, 0) is 30.5 Å². The smallest absolute Gasteiger partial charge is 0.337 e. The summed E-state index contributed by atoms with van der Waals surface area (Å²) in [7, 11) is 0. The lowest BCUT2D eigenvalue weighted by molar-refractivity contribution is -0.138. The molecule has 0 spiro atoms. The lowest BCUT2D eigenvalue weighted by Gasteiger charge is -2.10. The summed E-state index contributed by atoms with van der Waals surface area (Å²) in [6, 6.07) is 7.49. The molecule has 0 bridgehead atoms. The Morgan fingerprint density at radius 3 is 2.75 bits per heavy atom. The number of ether oxygens (including phenoxy) is 2. The first kappa shape index (κ1) is 16.1. The van der Waals surface area contributed by atoms with Gasteiger partial charge in [-0.2, -0.15) is 0 Å². The van der Waals surface area contributed by atoms with Crippen molar-refractivity contribution >= 4 is 5.97 Å². The molecule has 0 fully saturated rings. The van der Waals surface area contributed by atoms with Crippen LogP contribution in [0.3, 0.4) is 0 Å². The van der Waals surface area contributed by atoms with Crippen molar-refractivity contribution in [3.05, 3.63) is 41.7 Å². The minimum atomic E-state index is -0.497. The second-order valence-corrected chi connectivity index (χ2v) is 4.90. The minimum absolute atomic E-state index is 0.229. The van der Waals surface area contributed by atoms with Crippen molar-refractivity contribution in [1.82, 2.24) is 0 Å². The van der Waals surface area contributed by atoms with E-state index in [-0.39, 0.29) is 12.2 Å². The van der Waals surface area contributed by atoms with Crippen LogP contribution >= 0.6 is 0 Å². The largest absolute Gasteiger partial charge is 0.515 e. The number of hydrogen-bond acceptors (Lipinski definition) is 4. The van der Waals surface area contributed by atoms with E-state index in [1.807, 2.05) is 24.3 Å². The van der Waals surface area contributed by atoms with Crippen LogP contribution in [0.15, 0.2) is 36.1 Å². The van der Waals surface area contributed by atoms with E-state index in [0.29, 0.717) is 18.9 Å². The van der Waals surface area contributed by atoms with Gasteiger partial charge in [-0.3, -0.25) is 0 Å². The molecule has 0 heterocycles. The average Bonchev–Trinajstić information content (AvgIpc) is 2.43. The van der Waals surface area contributed by atoms with Gasteiger partial charge in [0.1, 0.15) is 5.75 Å². The van der Waals surface area contributed by atoms with Gasteiger partial charge in [0.25, 0.3) is 0 Å². The minimum Gasteiger partial charge on any atom is -0.515 e. The van der Waals surface area contributed by atoms with Gasteiger partial charge in [-0.1, -0.05) is 26.0 Å². The molecule has 0 atom stereocenters. The maximum absolute atomic E-state index is 11.6. The molecule has 110 valence electrons. The van der Waals surface area contributed by atoms with E-state index in [9.17, 15) is 4.79 Å². The molecule has 20 heavy (non-hydrogen) atoms. The van der Waals surface area contributed by atoms with E-state index in [0.717, 1.165) is 17.6 Å². The van der Waals surface area contributed by atoms with E-state index in [2.05, 4.69) is 13.8 Å². The first-order valence-electron chi connectivity index (χ1n) is 6.79. The van der Waals surface area contributed by atoms with Crippen LogP contribution in [0.2, 0.25) is 0 Å². The Morgan fingerprint density at radius 2 is 2.15 bits per heavy atom. The fourth-order valence-electron chi connectivity index (χ4n) is 1.62. The van der Waals surface area contributed by atoms with Gasteiger partial charge in [-0.15, -0.1) is 0 Å². The molecular formula is C16H22O4. The van der Waals surface area contributed by atoms with Gasteiger partial charge in [0.15, 0.2) is 0 Å². The highest BCUT2D eigenvalue weighted by atomic mass is 16.5. The quantitative estimate of drug-likeness (QED) is 0.472. The summed E-state index contributed by atoms with van der Waals surface area (Å²) < 4.78 is 10.5.